The standard InChI is InChI=1S/C10H16O2/c1-2-5-9-8-11-10(12-9)6-3-4-7-10/h1,9H,2-8H2. The van der Waals surface area contributed by atoms with Crippen molar-refractivity contribution in [2.45, 2.75) is 50.4 Å². The van der Waals surface area contributed by atoms with Crippen LogP contribution in [-0.2, 0) is 9.47 Å². The van der Waals surface area contributed by atoms with Crippen LogP contribution in [0, 0.1) is 6.92 Å². The van der Waals surface area contributed by atoms with Gasteiger partial charge in [0.1, 0.15) is 0 Å². The second-order valence-electron chi connectivity index (χ2n) is 3.75. The molecule has 0 aromatic carbocycles. The van der Waals surface area contributed by atoms with Crippen molar-refractivity contribution in [3.05, 3.63) is 6.92 Å². The Labute approximate surface area is 74.2 Å². The van der Waals surface area contributed by atoms with E-state index in [0.717, 1.165) is 25.9 Å². The van der Waals surface area contributed by atoms with Crippen LogP contribution in [0.25, 0.3) is 0 Å². The smallest absolute Gasteiger partial charge is 0.168 e. The zero-order valence-corrected chi connectivity index (χ0v) is 7.42. The summed E-state index contributed by atoms with van der Waals surface area (Å²) in [7, 11) is 0. The lowest BCUT2D eigenvalue weighted by molar-refractivity contribution is -0.162. The molecule has 2 heteroatoms. The maximum atomic E-state index is 5.85. The molecule has 1 saturated carbocycles. The van der Waals surface area contributed by atoms with E-state index in [9.17, 15) is 0 Å². The van der Waals surface area contributed by atoms with Gasteiger partial charge in [0.15, 0.2) is 5.79 Å². The molecular formula is C10H16O2. The van der Waals surface area contributed by atoms with Crippen molar-refractivity contribution in [1.82, 2.24) is 0 Å². The molecule has 2 fully saturated rings. The molecule has 1 spiro atoms. The third-order valence-corrected chi connectivity index (χ3v) is 2.77. The molecule has 1 unspecified atom stereocenters. The highest BCUT2D eigenvalue weighted by atomic mass is 16.7. The Morgan fingerprint density at radius 2 is 2.08 bits per heavy atom. The van der Waals surface area contributed by atoms with Crippen LogP contribution in [-0.4, -0.2) is 18.5 Å². The number of hydrogen-bond donors (Lipinski definition) is 0. The minimum Gasteiger partial charge on any atom is -0.347 e. The second kappa shape index (κ2) is 3.35. The molecule has 2 nitrogen and oxygen atoms in total. The van der Waals surface area contributed by atoms with Gasteiger partial charge < -0.3 is 9.47 Å². The predicted octanol–water partition coefficient (Wildman–Crippen LogP) is 2.16. The van der Waals surface area contributed by atoms with Crippen LogP contribution in [0.1, 0.15) is 38.5 Å². The fourth-order valence-corrected chi connectivity index (χ4v) is 2.12. The Bertz CT molecular complexity index is 150. The lowest BCUT2D eigenvalue weighted by Gasteiger charge is -2.21. The fourth-order valence-electron chi connectivity index (χ4n) is 2.12. The Kier molecular flexibility index (Phi) is 2.37. The molecule has 0 aromatic heterocycles. The summed E-state index contributed by atoms with van der Waals surface area (Å²) < 4.78 is 11.5. The maximum absolute atomic E-state index is 5.85. The van der Waals surface area contributed by atoms with Gasteiger partial charge >= 0.3 is 0 Å². The summed E-state index contributed by atoms with van der Waals surface area (Å²) in [4.78, 5) is 0. The fraction of sp³-hybridized carbons (Fsp3) is 0.900. The van der Waals surface area contributed by atoms with Gasteiger partial charge in [-0.15, -0.1) is 0 Å². The Morgan fingerprint density at radius 1 is 1.33 bits per heavy atom. The molecule has 2 radical (unpaired) electrons. The first kappa shape index (κ1) is 8.52. The van der Waals surface area contributed by atoms with Crippen LogP contribution in [0.4, 0.5) is 0 Å². The molecule has 0 bridgehead atoms. The van der Waals surface area contributed by atoms with Crippen molar-refractivity contribution >= 4 is 0 Å². The Hall–Kier alpha value is -0.0800. The summed E-state index contributed by atoms with van der Waals surface area (Å²) in [6, 6.07) is 0. The third-order valence-electron chi connectivity index (χ3n) is 2.77. The van der Waals surface area contributed by atoms with Crippen molar-refractivity contribution in [2.24, 2.45) is 0 Å². The summed E-state index contributed by atoms with van der Waals surface area (Å²) >= 11 is 0. The van der Waals surface area contributed by atoms with Crippen LogP contribution in [0.3, 0.4) is 0 Å². The number of ether oxygens (including phenoxy) is 2. The summed E-state index contributed by atoms with van der Waals surface area (Å²) in [5, 5.41) is 0. The largest absolute Gasteiger partial charge is 0.347 e. The average molecular weight is 168 g/mol. The first-order valence-corrected chi connectivity index (χ1v) is 4.86. The van der Waals surface area contributed by atoms with Crippen LogP contribution in [0.5, 0.6) is 0 Å². The molecular weight excluding hydrogens is 152 g/mol. The van der Waals surface area contributed by atoms with Gasteiger partial charge in [-0.05, 0) is 32.6 Å². The molecule has 68 valence electrons. The lowest BCUT2D eigenvalue weighted by Crippen LogP contribution is -2.26. The quantitative estimate of drug-likeness (QED) is 0.629. The summed E-state index contributed by atoms with van der Waals surface area (Å²) in [6.07, 6.45) is 6.53. The Balaban J connectivity index is 1.88. The van der Waals surface area contributed by atoms with E-state index in [-0.39, 0.29) is 11.9 Å². The van der Waals surface area contributed by atoms with E-state index in [2.05, 4.69) is 0 Å². The van der Waals surface area contributed by atoms with E-state index < -0.39 is 0 Å². The molecule has 2 aliphatic rings. The van der Waals surface area contributed by atoms with Crippen molar-refractivity contribution in [1.29, 1.82) is 0 Å². The monoisotopic (exact) mass is 168 g/mol. The molecule has 0 aromatic rings. The highest BCUT2D eigenvalue weighted by molar-refractivity contribution is 4.83. The van der Waals surface area contributed by atoms with Crippen LogP contribution in [0.2, 0.25) is 0 Å². The Morgan fingerprint density at radius 3 is 2.75 bits per heavy atom. The van der Waals surface area contributed by atoms with E-state index in [1.165, 1.54) is 12.8 Å². The van der Waals surface area contributed by atoms with Crippen LogP contribution in [0.15, 0.2) is 0 Å². The van der Waals surface area contributed by atoms with Gasteiger partial charge in [0, 0.05) is 12.8 Å². The zero-order chi connectivity index (χ0) is 8.44. The number of hydrogen-bond acceptors (Lipinski definition) is 2. The summed E-state index contributed by atoms with van der Waals surface area (Å²) in [5.41, 5.74) is 0. The van der Waals surface area contributed by atoms with Crippen molar-refractivity contribution in [3.8, 4) is 0 Å². The highest BCUT2D eigenvalue weighted by Gasteiger charge is 2.43. The summed E-state index contributed by atoms with van der Waals surface area (Å²) in [6.45, 7) is 6.21. The maximum Gasteiger partial charge on any atom is 0.168 e. The van der Waals surface area contributed by atoms with Gasteiger partial charge in [-0.2, -0.15) is 0 Å². The number of rotatable bonds is 2. The average Bonchev–Trinajstić information content (AvgIpc) is 2.65. The van der Waals surface area contributed by atoms with E-state index in [1.54, 1.807) is 0 Å². The topological polar surface area (TPSA) is 18.5 Å². The van der Waals surface area contributed by atoms with Gasteiger partial charge in [0.2, 0.25) is 0 Å². The molecule has 1 aliphatic heterocycles. The zero-order valence-electron chi connectivity index (χ0n) is 7.42. The van der Waals surface area contributed by atoms with Crippen molar-refractivity contribution < 1.29 is 9.47 Å². The molecule has 1 saturated heterocycles. The van der Waals surface area contributed by atoms with Gasteiger partial charge in [0.05, 0.1) is 12.7 Å². The molecule has 1 aliphatic carbocycles. The van der Waals surface area contributed by atoms with Crippen molar-refractivity contribution in [2.75, 3.05) is 6.61 Å². The van der Waals surface area contributed by atoms with Crippen LogP contribution >= 0.6 is 0 Å². The summed E-state index contributed by atoms with van der Waals surface area (Å²) in [5.74, 6) is -0.195. The molecule has 2 rings (SSSR count). The minimum absolute atomic E-state index is 0.195. The molecule has 1 atom stereocenters. The second-order valence-corrected chi connectivity index (χ2v) is 3.75. The lowest BCUT2D eigenvalue weighted by atomic mass is 10.2. The van der Waals surface area contributed by atoms with Crippen LogP contribution < -0.4 is 0 Å². The first-order chi connectivity index (χ1) is 5.85. The van der Waals surface area contributed by atoms with Crippen molar-refractivity contribution in [3.63, 3.8) is 0 Å². The van der Waals surface area contributed by atoms with Gasteiger partial charge in [0.25, 0.3) is 0 Å². The molecule has 12 heavy (non-hydrogen) atoms. The van der Waals surface area contributed by atoms with E-state index >= 15 is 0 Å². The van der Waals surface area contributed by atoms with Gasteiger partial charge in [-0.25, -0.2) is 0 Å². The van der Waals surface area contributed by atoms with Gasteiger partial charge in [-0.1, -0.05) is 0 Å². The minimum atomic E-state index is -0.195. The highest BCUT2D eigenvalue weighted by Crippen LogP contribution is 2.39. The molecule has 0 N–H and O–H groups in total. The third kappa shape index (κ3) is 1.50. The van der Waals surface area contributed by atoms with Gasteiger partial charge in [-0.3, -0.25) is 0 Å². The van der Waals surface area contributed by atoms with E-state index in [0.29, 0.717) is 6.42 Å². The predicted molar refractivity (Wildman–Crippen MR) is 45.6 cm³/mol. The van der Waals surface area contributed by atoms with E-state index in [4.69, 9.17) is 16.4 Å². The SMILES string of the molecule is [CH]CCC1COC2(CCCC2)O1. The normalized spacial score (nSPS) is 33.2. The molecule has 0 amide bonds. The molecule has 1 heterocycles. The van der Waals surface area contributed by atoms with E-state index in [1.807, 2.05) is 0 Å². The first-order valence-electron chi connectivity index (χ1n) is 4.86.